The number of hydrogen-bond donors (Lipinski definition) is 0. The second kappa shape index (κ2) is 5.56. The lowest BCUT2D eigenvalue weighted by atomic mass is 10.2. The maximum Gasteiger partial charge on any atom is 0.210 e. The van der Waals surface area contributed by atoms with E-state index >= 15 is 0 Å². The number of benzene rings is 2. The summed E-state index contributed by atoms with van der Waals surface area (Å²) in [6.45, 7) is 2.48. The Morgan fingerprint density at radius 3 is 2.10 bits per heavy atom. The molecule has 0 fully saturated rings. The second-order valence-electron chi connectivity index (χ2n) is 5.46. The third-order valence-corrected chi connectivity index (χ3v) is 4.04. The summed E-state index contributed by atoms with van der Waals surface area (Å²) < 4.78 is 2.28. The molecule has 0 saturated carbocycles. The van der Waals surface area contributed by atoms with Gasteiger partial charge < -0.3 is 4.57 Å². The minimum absolute atomic E-state index is 0.203. The molecule has 108 valence electrons. The first-order valence-electron chi connectivity index (χ1n) is 7.28. The molecule has 4 nitrogen and oxygen atoms in total. The zero-order valence-corrected chi connectivity index (χ0v) is 12.0. The highest BCUT2D eigenvalue weighted by atomic mass is 16.6. The van der Waals surface area contributed by atoms with Gasteiger partial charge in [-0.05, 0) is 18.6 Å². The van der Waals surface area contributed by atoms with Gasteiger partial charge in [0.1, 0.15) is 0 Å². The van der Waals surface area contributed by atoms with Crippen molar-refractivity contribution in [2.24, 2.45) is 0 Å². The molecule has 0 aliphatic carbocycles. The normalized spacial score (nSPS) is 12.8. The first-order valence-corrected chi connectivity index (χ1v) is 7.28. The van der Waals surface area contributed by atoms with Gasteiger partial charge in [-0.3, -0.25) is 10.1 Å². The number of para-hydroxylation sites is 2. The molecule has 2 aromatic carbocycles. The zero-order chi connectivity index (χ0) is 14.8. The molecule has 3 aromatic rings. The van der Waals surface area contributed by atoms with E-state index in [0.717, 1.165) is 13.0 Å². The lowest BCUT2D eigenvalue weighted by molar-refractivity contribution is -0.519. The molecule has 0 radical (unpaired) electrons. The van der Waals surface area contributed by atoms with Gasteiger partial charge in [-0.2, -0.15) is 0 Å². The molecule has 4 heteroatoms. The molecule has 1 aromatic heterocycles. The third-order valence-electron chi connectivity index (χ3n) is 4.04. The van der Waals surface area contributed by atoms with Gasteiger partial charge in [0, 0.05) is 46.6 Å². The Balaban J connectivity index is 1.94. The predicted molar refractivity (Wildman–Crippen MR) is 85.1 cm³/mol. The van der Waals surface area contributed by atoms with E-state index in [2.05, 4.69) is 28.8 Å². The van der Waals surface area contributed by atoms with Crippen LogP contribution in [0.15, 0.2) is 48.5 Å². The van der Waals surface area contributed by atoms with Crippen molar-refractivity contribution in [3.63, 3.8) is 0 Å². The Bertz CT molecular complexity index is 738. The monoisotopic (exact) mass is 282 g/mol. The SMILES string of the molecule is CC(CCCn1c2ccccc2c2ccccc21)[N+](=O)[O-]. The number of fused-ring (bicyclic) bond motifs is 3. The van der Waals surface area contributed by atoms with E-state index < -0.39 is 6.04 Å². The molecule has 1 unspecified atom stereocenters. The van der Waals surface area contributed by atoms with E-state index in [-0.39, 0.29) is 4.92 Å². The predicted octanol–water partition coefficient (Wildman–Crippen LogP) is 4.24. The van der Waals surface area contributed by atoms with Crippen molar-refractivity contribution in [2.45, 2.75) is 32.4 Å². The first kappa shape index (κ1) is 13.6. The second-order valence-corrected chi connectivity index (χ2v) is 5.46. The summed E-state index contributed by atoms with van der Waals surface area (Å²) in [6, 6.07) is 16.2. The molecule has 21 heavy (non-hydrogen) atoms. The van der Waals surface area contributed by atoms with Crippen LogP contribution in [0.3, 0.4) is 0 Å². The van der Waals surface area contributed by atoms with Crippen LogP contribution in [0.2, 0.25) is 0 Å². The number of nitrogens with zero attached hydrogens (tertiary/aromatic N) is 2. The van der Waals surface area contributed by atoms with E-state index in [1.807, 2.05) is 24.3 Å². The van der Waals surface area contributed by atoms with Crippen LogP contribution in [0.4, 0.5) is 0 Å². The molecular weight excluding hydrogens is 264 g/mol. The number of nitro groups is 1. The lowest BCUT2D eigenvalue weighted by Crippen LogP contribution is -2.15. The van der Waals surface area contributed by atoms with E-state index in [4.69, 9.17) is 0 Å². The molecule has 0 saturated heterocycles. The molecule has 0 amide bonds. The van der Waals surface area contributed by atoms with E-state index in [9.17, 15) is 10.1 Å². The minimum Gasteiger partial charge on any atom is -0.340 e. The van der Waals surface area contributed by atoms with Crippen molar-refractivity contribution in [1.82, 2.24) is 4.57 Å². The van der Waals surface area contributed by atoms with Crippen LogP contribution >= 0.6 is 0 Å². The quantitative estimate of drug-likeness (QED) is 0.519. The summed E-state index contributed by atoms with van der Waals surface area (Å²) in [5.74, 6) is 0. The summed E-state index contributed by atoms with van der Waals surface area (Å²) in [7, 11) is 0. The summed E-state index contributed by atoms with van der Waals surface area (Å²) in [4.78, 5) is 10.5. The van der Waals surface area contributed by atoms with Crippen LogP contribution in [0.25, 0.3) is 21.8 Å². The Morgan fingerprint density at radius 2 is 1.57 bits per heavy atom. The van der Waals surface area contributed by atoms with Crippen LogP contribution in [0, 0.1) is 10.1 Å². The van der Waals surface area contributed by atoms with Crippen LogP contribution in [0.1, 0.15) is 19.8 Å². The highest BCUT2D eigenvalue weighted by Gasteiger charge is 2.13. The first-order chi connectivity index (χ1) is 10.2. The third kappa shape index (κ3) is 2.49. The molecule has 1 heterocycles. The zero-order valence-electron chi connectivity index (χ0n) is 12.0. The Kier molecular flexibility index (Phi) is 3.60. The van der Waals surface area contributed by atoms with Crippen molar-refractivity contribution in [3.8, 4) is 0 Å². The molecule has 0 spiro atoms. The Hall–Kier alpha value is -2.36. The molecule has 0 N–H and O–H groups in total. The Labute approximate surface area is 123 Å². The van der Waals surface area contributed by atoms with Crippen LogP contribution in [0.5, 0.6) is 0 Å². The average molecular weight is 282 g/mol. The van der Waals surface area contributed by atoms with Gasteiger partial charge in [0.25, 0.3) is 0 Å². The molecule has 0 aliphatic heterocycles. The smallest absolute Gasteiger partial charge is 0.210 e. The summed E-state index contributed by atoms with van der Waals surface area (Å²) in [6.07, 6.45) is 1.42. The number of hydrogen-bond acceptors (Lipinski definition) is 2. The maximum atomic E-state index is 10.7. The number of aryl methyl sites for hydroxylation is 1. The fourth-order valence-electron chi connectivity index (χ4n) is 2.89. The van der Waals surface area contributed by atoms with Gasteiger partial charge in [0.15, 0.2) is 0 Å². The van der Waals surface area contributed by atoms with Crippen molar-refractivity contribution >= 4 is 21.8 Å². The summed E-state index contributed by atoms with van der Waals surface area (Å²) in [5.41, 5.74) is 2.40. The van der Waals surface area contributed by atoms with Gasteiger partial charge in [0.05, 0.1) is 0 Å². The maximum absolute atomic E-state index is 10.7. The summed E-state index contributed by atoms with van der Waals surface area (Å²) in [5, 5.41) is 13.2. The van der Waals surface area contributed by atoms with Crippen LogP contribution in [-0.4, -0.2) is 15.5 Å². The fraction of sp³-hybridized carbons (Fsp3) is 0.294. The highest BCUT2D eigenvalue weighted by molar-refractivity contribution is 6.07. The molecule has 0 bridgehead atoms. The van der Waals surface area contributed by atoms with Crippen LogP contribution < -0.4 is 0 Å². The summed E-state index contributed by atoms with van der Waals surface area (Å²) >= 11 is 0. The lowest BCUT2D eigenvalue weighted by Gasteiger charge is -2.08. The van der Waals surface area contributed by atoms with Gasteiger partial charge in [0.2, 0.25) is 6.04 Å². The minimum atomic E-state index is -0.474. The van der Waals surface area contributed by atoms with Crippen molar-refractivity contribution < 1.29 is 4.92 Å². The fourth-order valence-corrected chi connectivity index (χ4v) is 2.89. The van der Waals surface area contributed by atoms with Gasteiger partial charge in [-0.1, -0.05) is 36.4 Å². The standard InChI is InChI=1S/C17H18N2O2/c1-13(19(20)21)7-6-12-18-16-10-4-2-8-14(16)15-9-3-5-11-17(15)18/h2-5,8-11,13H,6-7,12H2,1H3. The highest BCUT2D eigenvalue weighted by Crippen LogP contribution is 2.29. The molecule has 0 aliphatic rings. The van der Waals surface area contributed by atoms with Crippen LogP contribution in [-0.2, 0) is 6.54 Å². The van der Waals surface area contributed by atoms with E-state index in [1.165, 1.54) is 21.8 Å². The van der Waals surface area contributed by atoms with E-state index in [0.29, 0.717) is 6.42 Å². The van der Waals surface area contributed by atoms with Gasteiger partial charge in [-0.15, -0.1) is 0 Å². The van der Waals surface area contributed by atoms with E-state index in [1.54, 1.807) is 6.92 Å². The molecule has 1 atom stereocenters. The van der Waals surface area contributed by atoms with Crippen molar-refractivity contribution in [3.05, 3.63) is 58.6 Å². The van der Waals surface area contributed by atoms with Crippen molar-refractivity contribution in [2.75, 3.05) is 0 Å². The molecule has 3 rings (SSSR count). The number of aromatic nitrogens is 1. The average Bonchev–Trinajstić information content (AvgIpc) is 2.82. The van der Waals surface area contributed by atoms with Crippen molar-refractivity contribution in [1.29, 1.82) is 0 Å². The largest absolute Gasteiger partial charge is 0.340 e. The van der Waals surface area contributed by atoms with Gasteiger partial charge >= 0.3 is 0 Å². The number of rotatable bonds is 5. The molecular formula is C17H18N2O2. The topological polar surface area (TPSA) is 48.1 Å². The Morgan fingerprint density at radius 1 is 1.05 bits per heavy atom. The van der Waals surface area contributed by atoms with Gasteiger partial charge in [-0.25, -0.2) is 0 Å².